The summed E-state index contributed by atoms with van der Waals surface area (Å²) in [4.78, 5) is 58.9. The second-order valence-electron chi connectivity index (χ2n) is 29.3. The third-order valence-electron chi connectivity index (χ3n) is 18.4. The van der Waals surface area contributed by atoms with E-state index in [2.05, 4.69) is 191 Å². The molecule has 0 spiro atoms. The van der Waals surface area contributed by atoms with Gasteiger partial charge in [0.15, 0.2) is 6.10 Å². The fraction of sp³-hybridized carbons (Fsp3) is 0.674. The van der Waals surface area contributed by atoms with Crippen LogP contribution in [0.25, 0.3) is 0 Å². The van der Waals surface area contributed by atoms with Crippen LogP contribution in [0.2, 0.25) is 0 Å². The topological polar surface area (TPSA) is 231 Å². The van der Waals surface area contributed by atoms with Crippen LogP contribution in [-0.2, 0) is 55.8 Å². The van der Waals surface area contributed by atoms with E-state index >= 15 is 0 Å². The molecule has 0 fully saturated rings. The molecular weight excluding hydrogens is 1460 g/mol. The average molecular weight is 1620 g/mol. The number of hydrogen-bond acceptors (Lipinski definition) is 14. The Morgan fingerprint density at radius 1 is 0.257 bits per heavy atom. The quantitative estimate of drug-likeness (QED) is 0.0146. The van der Waals surface area contributed by atoms with E-state index in [0.717, 1.165) is 135 Å². The van der Waals surface area contributed by atoms with Crippen LogP contribution in [0.5, 0.6) is 0 Å². The number of esters is 3. The Bertz CT molecular complexity index is 2730. The van der Waals surface area contributed by atoms with E-state index in [1.54, 1.807) is 0 Å². The van der Waals surface area contributed by atoms with Crippen LogP contribution >= 0.6 is 15.6 Å². The average Bonchev–Trinajstić information content (AvgIpc) is 0.901. The van der Waals surface area contributed by atoms with E-state index in [1.165, 1.54) is 154 Å². The standard InChI is InChI=1S/C95H160O16P2/c1-4-7-10-13-16-19-22-25-28-31-34-37-39-41-42-43-44-45-46-48-50-52-54-57-60-63-66-69-72-75-78-81-93(98)105-84-90(96)85-107-112(101,102)108-86-91(97)87-109-113(103,104)110-89-92(111-95(100)83-80-77-74-71-68-65-62-59-56-51-36-33-30-27-24-21-18-15-12-9-6-3)88-106-94(99)82-79-76-73-70-67-64-61-58-55-53-49-47-40-38-35-32-29-26-23-20-17-14-11-8-5-2/h9,12,16-21,25-30,34-38,41-42,47,49,51,59,62,68,71,90-92,96-97H,4-8,10-11,13-15,22-24,31-33,39-40,43-46,48,50,52-58,60-61,63-67,69-70,72-89H2,1-3H3,(H,101,102)(H,103,104)/b12-9-,19-16-,20-17-,21-18-,28-25-,29-26-,30-27-,37-34-,38-35-,42-41-,49-47-,51-36-,62-59-,71-68-. The van der Waals surface area contributed by atoms with Crippen LogP contribution in [0.15, 0.2) is 170 Å². The van der Waals surface area contributed by atoms with Crippen molar-refractivity contribution >= 4 is 33.6 Å². The monoisotopic (exact) mass is 1620 g/mol. The number of phosphoric ester groups is 2. The number of aliphatic hydroxyl groups excluding tert-OH is 2. The summed E-state index contributed by atoms with van der Waals surface area (Å²) in [5.74, 6) is -1.63. The van der Waals surface area contributed by atoms with Gasteiger partial charge in [0.1, 0.15) is 25.4 Å². The molecule has 4 N–H and O–H groups in total. The number of aliphatic hydroxyl groups is 2. The molecule has 0 heterocycles. The summed E-state index contributed by atoms with van der Waals surface area (Å²) < 4.78 is 61.3. The molecule has 16 nitrogen and oxygen atoms in total. The van der Waals surface area contributed by atoms with E-state index in [9.17, 15) is 43.5 Å². The zero-order valence-corrected chi connectivity index (χ0v) is 72.8. The summed E-state index contributed by atoms with van der Waals surface area (Å²) in [7, 11) is -9.83. The van der Waals surface area contributed by atoms with Gasteiger partial charge in [0, 0.05) is 19.3 Å². The first-order valence-corrected chi connectivity index (χ1v) is 47.4. The maximum absolute atomic E-state index is 13.0. The summed E-state index contributed by atoms with van der Waals surface area (Å²) >= 11 is 0. The zero-order valence-electron chi connectivity index (χ0n) is 71.0. The molecule has 5 unspecified atom stereocenters. The van der Waals surface area contributed by atoms with Crippen molar-refractivity contribution in [2.45, 2.75) is 373 Å². The highest BCUT2D eigenvalue weighted by atomic mass is 31.2. The Morgan fingerprint density at radius 2 is 0.469 bits per heavy atom. The van der Waals surface area contributed by atoms with Gasteiger partial charge in [-0.2, -0.15) is 0 Å². The molecule has 18 heteroatoms. The molecule has 0 aromatic rings. The van der Waals surface area contributed by atoms with Crippen molar-refractivity contribution in [3.05, 3.63) is 170 Å². The minimum absolute atomic E-state index is 0.0426. The molecule has 5 atom stereocenters. The molecule has 0 aromatic heterocycles. The fourth-order valence-electron chi connectivity index (χ4n) is 11.7. The zero-order chi connectivity index (χ0) is 82.2. The molecule has 0 aliphatic heterocycles. The van der Waals surface area contributed by atoms with E-state index in [0.29, 0.717) is 25.7 Å². The van der Waals surface area contributed by atoms with Crippen molar-refractivity contribution < 1.29 is 75.8 Å². The molecule has 0 radical (unpaired) electrons. The SMILES string of the molecule is CC/C=C\C/C=C\C/C=C\C/C=C\C/C=C\C/C=C\CCCCC(=O)OC(COC(=O)CCCCCCCCCCC/C=C\C/C=C\C/C=C\C/C=C\CCCCC)COP(=O)(O)OCC(O)COP(=O)(O)OCC(O)COC(=O)CCCCCCCCCCCCCCCCC/C=C\C/C=C\C/C=C\C/C=C\CCCCC. The number of hydrogen-bond donors (Lipinski definition) is 4. The Balaban J connectivity index is 4.63. The molecule has 0 aromatic carbocycles. The first-order valence-electron chi connectivity index (χ1n) is 44.4. The molecule has 0 bridgehead atoms. The van der Waals surface area contributed by atoms with Gasteiger partial charge in [0.2, 0.25) is 0 Å². The van der Waals surface area contributed by atoms with E-state index in [-0.39, 0.29) is 19.3 Å². The minimum atomic E-state index is -4.96. The molecule has 0 saturated heterocycles. The lowest BCUT2D eigenvalue weighted by Gasteiger charge is -2.21. The van der Waals surface area contributed by atoms with Gasteiger partial charge in [0.05, 0.1) is 26.4 Å². The van der Waals surface area contributed by atoms with Gasteiger partial charge >= 0.3 is 33.6 Å². The van der Waals surface area contributed by atoms with Gasteiger partial charge in [-0.05, 0) is 161 Å². The van der Waals surface area contributed by atoms with Crippen molar-refractivity contribution in [2.24, 2.45) is 0 Å². The Labute approximate surface area is 688 Å². The Hall–Kier alpha value is -5.09. The maximum Gasteiger partial charge on any atom is 0.472 e. The fourth-order valence-corrected chi connectivity index (χ4v) is 13.2. The highest BCUT2D eigenvalue weighted by Gasteiger charge is 2.29. The van der Waals surface area contributed by atoms with E-state index in [4.69, 9.17) is 32.3 Å². The first-order chi connectivity index (χ1) is 55.2. The van der Waals surface area contributed by atoms with Crippen molar-refractivity contribution in [1.82, 2.24) is 0 Å². The predicted octanol–water partition coefficient (Wildman–Crippen LogP) is 27.1. The van der Waals surface area contributed by atoms with Gasteiger partial charge < -0.3 is 34.2 Å². The number of rotatable bonds is 83. The molecule has 0 saturated carbocycles. The summed E-state index contributed by atoms with van der Waals surface area (Å²) in [5.41, 5.74) is 0. The second kappa shape index (κ2) is 86.3. The van der Waals surface area contributed by atoms with Crippen LogP contribution in [0, 0.1) is 0 Å². The molecule has 0 amide bonds. The minimum Gasteiger partial charge on any atom is -0.463 e. The summed E-state index contributed by atoms with van der Waals surface area (Å²) in [6.07, 6.45) is 111. The Kier molecular flexibility index (Phi) is 82.4. The third kappa shape index (κ3) is 87.6. The molecule has 0 rings (SSSR count). The van der Waals surface area contributed by atoms with Crippen molar-refractivity contribution in [3.63, 3.8) is 0 Å². The van der Waals surface area contributed by atoms with Crippen LogP contribution in [0.3, 0.4) is 0 Å². The van der Waals surface area contributed by atoms with Crippen LogP contribution in [0.4, 0.5) is 0 Å². The Morgan fingerprint density at radius 3 is 0.761 bits per heavy atom. The van der Waals surface area contributed by atoms with Gasteiger partial charge in [0.25, 0.3) is 0 Å². The van der Waals surface area contributed by atoms with Crippen LogP contribution in [0.1, 0.15) is 355 Å². The van der Waals surface area contributed by atoms with Crippen molar-refractivity contribution in [3.8, 4) is 0 Å². The highest BCUT2D eigenvalue weighted by Crippen LogP contribution is 2.45. The lowest BCUT2D eigenvalue weighted by atomic mass is 10.0. The van der Waals surface area contributed by atoms with Gasteiger partial charge in [-0.25, -0.2) is 9.13 Å². The first kappa shape index (κ1) is 108. The number of unbranched alkanes of at least 4 members (excludes halogenated alkanes) is 32. The summed E-state index contributed by atoms with van der Waals surface area (Å²) in [5, 5.41) is 20.7. The van der Waals surface area contributed by atoms with Gasteiger partial charge in [-0.15, -0.1) is 0 Å². The van der Waals surface area contributed by atoms with Gasteiger partial charge in [-0.3, -0.25) is 32.5 Å². The smallest absolute Gasteiger partial charge is 0.463 e. The second-order valence-corrected chi connectivity index (χ2v) is 32.2. The molecule has 113 heavy (non-hydrogen) atoms. The van der Waals surface area contributed by atoms with Crippen molar-refractivity contribution in [2.75, 3.05) is 39.6 Å². The van der Waals surface area contributed by atoms with E-state index < -0.39 is 91.5 Å². The number of carbonyl (C=O) groups excluding carboxylic acids is 3. The van der Waals surface area contributed by atoms with Crippen molar-refractivity contribution in [1.29, 1.82) is 0 Å². The normalized spacial score (nSPS) is 14.6. The molecule has 0 aliphatic rings. The summed E-state index contributed by atoms with van der Waals surface area (Å²) in [6, 6.07) is 0. The number of carbonyl (C=O) groups is 3. The maximum atomic E-state index is 13.0. The van der Waals surface area contributed by atoms with Crippen LogP contribution < -0.4 is 0 Å². The predicted molar refractivity (Wildman–Crippen MR) is 472 cm³/mol. The lowest BCUT2D eigenvalue weighted by molar-refractivity contribution is -0.161. The number of ether oxygens (including phenoxy) is 3. The lowest BCUT2D eigenvalue weighted by Crippen LogP contribution is -2.30. The third-order valence-corrected chi connectivity index (χ3v) is 20.3. The number of phosphoric acid groups is 2. The van der Waals surface area contributed by atoms with Gasteiger partial charge in [-0.1, -0.05) is 345 Å². The molecular formula is C95H160O16P2. The highest BCUT2D eigenvalue weighted by molar-refractivity contribution is 7.47. The van der Waals surface area contributed by atoms with Crippen LogP contribution in [-0.4, -0.2) is 95.9 Å². The number of allylic oxidation sites excluding steroid dienone is 28. The largest absolute Gasteiger partial charge is 0.472 e. The molecule has 646 valence electrons. The molecule has 0 aliphatic carbocycles. The van der Waals surface area contributed by atoms with E-state index in [1.807, 2.05) is 0 Å². The summed E-state index contributed by atoms with van der Waals surface area (Å²) in [6.45, 7) is 2.48.